The largest absolute Gasteiger partial charge is 0.411 e. The Kier molecular flexibility index (Phi) is 6.54. The Labute approximate surface area is 170 Å². The molecule has 0 unspecified atom stereocenters. The van der Waals surface area contributed by atoms with Crippen LogP contribution in [0.1, 0.15) is 30.9 Å². The highest BCUT2D eigenvalue weighted by Crippen LogP contribution is 2.34. The summed E-state index contributed by atoms with van der Waals surface area (Å²) < 4.78 is 42.7. The van der Waals surface area contributed by atoms with Crippen molar-refractivity contribution in [2.75, 3.05) is 18.1 Å². The summed E-state index contributed by atoms with van der Waals surface area (Å²) in [5.41, 5.74) is 2.72. The predicted molar refractivity (Wildman–Crippen MR) is 108 cm³/mol. The first-order valence-electron chi connectivity index (χ1n) is 9.13. The number of alkyl halides is 3. The molecule has 1 heterocycles. The van der Waals surface area contributed by atoms with Crippen LogP contribution in [0.2, 0.25) is 0 Å². The van der Waals surface area contributed by atoms with Crippen molar-refractivity contribution in [3.05, 3.63) is 59.7 Å². The zero-order valence-electron chi connectivity index (χ0n) is 16.1. The molecular formula is C21H21F3N2O2S. The summed E-state index contributed by atoms with van der Waals surface area (Å²) in [5, 5.41) is 0.442. The van der Waals surface area contributed by atoms with E-state index in [9.17, 15) is 18.0 Å². The molecule has 0 spiro atoms. The molecule has 154 valence electrons. The number of nitrogens with zero attached hydrogens (tertiary/aromatic N) is 2. The van der Waals surface area contributed by atoms with Crippen LogP contribution in [0.25, 0.3) is 10.2 Å². The van der Waals surface area contributed by atoms with Crippen LogP contribution < -0.4 is 4.90 Å². The van der Waals surface area contributed by atoms with Crippen LogP contribution in [0.5, 0.6) is 0 Å². The molecular weight excluding hydrogens is 401 g/mol. The summed E-state index contributed by atoms with van der Waals surface area (Å²) >= 11 is 1.34. The number of fused-ring (bicyclic) bond motifs is 1. The molecule has 3 aromatic rings. The summed E-state index contributed by atoms with van der Waals surface area (Å²) in [6.07, 6.45) is -4.48. The van der Waals surface area contributed by atoms with Crippen LogP contribution in [-0.2, 0) is 16.1 Å². The van der Waals surface area contributed by atoms with E-state index < -0.39 is 25.3 Å². The van der Waals surface area contributed by atoms with Gasteiger partial charge in [0.15, 0.2) is 5.13 Å². The lowest BCUT2D eigenvalue weighted by atomic mass is 10.0. The van der Waals surface area contributed by atoms with Crippen LogP contribution >= 0.6 is 11.3 Å². The lowest BCUT2D eigenvalue weighted by Gasteiger charge is -2.20. The number of hydrogen-bond donors (Lipinski definition) is 0. The SMILES string of the molecule is CC(C)c1cccc2sc(N(Cc3ccccc3)C(=O)COCC(F)(F)F)nc12. The first-order chi connectivity index (χ1) is 13.7. The second kappa shape index (κ2) is 8.92. The van der Waals surface area contributed by atoms with Gasteiger partial charge in [-0.25, -0.2) is 4.98 Å². The van der Waals surface area contributed by atoms with E-state index in [1.807, 2.05) is 48.5 Å². The van der Waals surface area contributed by atoms with Crippen LogP contribution in [-0.4, -0.2) is 30.3 Å². The van der Waals surface area contributed by atoms with Crippen molar-refractivity contribution in [1.29, 1.82) is 0 Å². The van der Waals surface area contributed by atoms with Gasteiger partial charge < -0.3 is 4.74 Å². The molecule has 2 aromatic carbocycles. The molecule has 0 aliphatic carbocycles. The molecule has 0 N–H and O–H groups in total. The highest BCUT2D eigenvalue weighted by Gasteiger charge is 2.29. The summed E-state index contributed by atoms with van der Waals surface area (Å²) in [4.78, 5) is 18.8. The van der Waals surface area contributed by atoms with Crippen molar-refractivity contribution >= 4 is 32.6 Å². The maximum Gasteiger partial charge on any atom is 0.411 e. The smallest absolute Gasteiger partial charge is 0.362 e. The number of ether oxygens (including phenoxy) is 1. The normalized spacial score (nSPS) is 11.9. The highest BCUT2D eigenvalue weighted by molar-refractivity contribution is 7.22. The standard InChI is InChI=1S/C21H21F3N2O2S/c1-14(2)16-9-6-10-17-19(16)25-20(29-17)26(11-15-7-4-3-5-8-15)18(27)12-28-13-21(22,23)24/h3-10,14H,11-13H2,1-2H3. The Morgan fingerprint density at radius 3 is 2.52 bits per heavy atom. The van der Waals surface area contributed by atoms with Gasteiger partial charge in [0.2, 0.25) is 0 Å². The second-order valence-electron chi connectivity index (χ2n) is 6.92. The molecule has 0 aliphatic heterocycles. The number of amides is 1. The molecule has 1 aromatic heterocycles. The summed E-state index contributed by atoms with van der Waals surface area (Å²) in [6.45, 7) is 2.19. The zero-order valence-corrected chi connectivity index (χ0v) is 16.9. The number of thiazole rings is 1. The van der Waals surface area contributed by atoms with Gasteiger partial charge in [-0.2, -0.15) is 13.2 Å². The number of halogens is 3. The molecule has 0 radical (unpaired) electrons. The second-order valence-corrected chi connectivity index (χ2v) is 7.93. The van der Waals surface area contributed by atoms with E-state index in [4.69, 9.17) is 0 Å². The Hall–Kier alpha value is -2.45. The number of para-hydroxylation sites is 1. The third-order valence-electron chi connectivity index (χ3n) is 4.27. The molecule has 0 bridgehead atoms. The van der Waals surface area contributed by atoms with Gasteiger partial charge in [0, 0.05) is 0 Å². The van der Waals surface area contributed by atoms with Gasteiger partial charge in [-0.15, -0.1) is 0 Å². The molecule has 4 nitrogen and oxygen atoms in total. The number of carbonyl (C=O) groups is 1. The first kappa shape index (κ1) is 21.3. The van der Waals surface area contributed by atoms with E-state index in [1.54, 1.807) is 0 Å². The Morgan fingerprint density at radius 1 is 1.14 bits per heavy atom. The average molecular weight is 422 g/mol. The van der Waals surface area contributed by atoms with E-state index in [0.29, 0.717) is 5.13 Å². The van der Waals surface area contributed by atoms with E-state index in [0.717, 1.165) is 21.3 Å². The predicted octanol–water partition coefficient (Wildman–Crippen LogP) is 5.53. The van der Waals surface area contributed by atoms with Crippen molar-refractivity contribution in [3.8, 4) is 0 Å². The van der Waals surface area contributed by atoms with Gasteiger partial charge in [0.05, 0.1) is 16.8 Å². The van der Waals surface area contributed by atoms with E-state index in [1.165, 1.54) is 16.2 Å². The fourth-order valence-electron chi connectivity index (χ4n) is 2.90. The lowest BCUT2D eigenvalue weighted by Crippen LogP contribution is -2.34. The van der Waals surface area contributed by atoms with Gasteiger partial charge in [-0.3, -0.25) is 9.69 Å². The minimum atomic E-state index is -4.48. The molecule has 3 rings (SSSR count). The quantitative estimate of drug-likeness (QED) is 0.503. The highest BCUT2D eigenvalue weighted by atomic mass is 32.1. The summed E-state index contributed by atoms with van der Waals surface area (Å²) in [5.74, 6) is -0.315. The number of rotatable bonds is 7. The van der Waals surface area contributed by atoms with Gasteiger partial charge >= 0.3 is 6.18 Å². The zero-order chi connectivity index (χ0) is 21.0. The van der Waals surface area contributed by atoms with Gasteiger partial charge in [-0.1, -0.05) is 67.6 Å². The van der Waals surface area contributed by atoms with Crippen molar-refractivity contribution in [1.82, 2.24) is 4.98 Å². The Bertz CT molecular complexity index is 971. The maximum atomic E-state index is 12.7. The topological polar surface area (TPSA) is 42.4 Å². The fraction of sp³-hybridized carbons (Fsp3) is 0.333. The molecule has 0 fully saturated rings. The Morgan fingerprint density at radius 2 is 1.86 bits per heavy atom. The van der Waals surface area contributed by atoms with E-state index in [-0.39, 0.29) is 12.5 Å². The minimum absolute atomic E-state index is 0.200. The molecule has 1 amide bonds. The molecule has 0 saturated heterocycles. The molecule has 0 aliphatic rings. The molecule has 0 saturated carbocycles. The number of benzene rings is 2. The van der Waals surface area contributed by atoms with Gasteiger partial charge in [0.1, 0.15) is 13.2 Å². The van der Waals surface area contributed by atoms with Crippen LogP contribution in [0.3, 0.4) is 0 Å². The van der Waals surface area contributed by atoms with Crippen LogP contribution in [0, 0.1) is 0 Å². The summed E-state index contributed by atoms with van der Waals surface area (Å²) in [6, 6.07) is 15.1. The minimum Gasteiger partial charge on any atom is -0.362 e. The van der Waals surface area contributed by atoms with Crippen molar-refractivity contribution in [2.24, 2.45) is 0 Å². The van der Waals surface area contributed by atoms with Gasteiger partial charge in [0.25, 0.3) is 5.91 Å². The molecule has 0 atom stereocenters. The number of anilines is 1. The van der Waals surface area contributed by atoms with Crippen molar-refractivity contribution in [3.63, 3.8) is 0 Å². The molecule has 8 heteroatoms. The van der Waals surface area contributed by atoms with Crippen molar-refractivity contribution in [2.45, 2.75) is 32.5 Å². The van der Waals surface area contributed by atoms with Crippen LogP contribution in [0.4, 0.5) is 18.3 Å². The number of hydrogen-bond acceptors (Lipinski definition) is 4. The first-order valence-corrected chi connectivity index (χ1v) is 9.94. The fourth-order valence-corrected chi connectivity index (χ4v) is 3.92. The van der Waals surface area contributed by atoms with Gasteiger partial charge in [-0.05, 0) is 23.1 Å². The van der Waals surface area contributed by atoms with E-state index >= 15 is 0 Å². The van der Waals surface area contributed by atoms with Crippen LogP contribution in [0.15, 0.2) is 48.5 Å². The van der Waals surface area contributed by atoms with E-state index in [2.05, 4.69) is 23.6 Å². The number of carbonyl (C=O) groups excluding carboxylic acids is 1. The molecule has 29 heavy (non-hydrogen) atoms. The number of aromatic nitrogens is 1. The Balaban J connectivity index is 1.91. The monoisotopic (exact) mass is 422 g/mol. The third kappa shape index (κ3) is 5.55. The summed E-state index contributed by atoms with van der Waals surface area (Å²) in [7, 11) is 0. The van der Waals surface area contributed by atoms with Crippen molar-refractivity contribution < 1.29 is 22.7 Å². The average Bonchev–Trinajstić information content (AvgIpc) is 3.09. The third-order valence-corrected chi connectivity index (χ3v) is 5.31. The lowest BCUT2D eigenvalue weighted by molar-refractivity contribution is -0.175. The maximum absolute atomic E-state index is 12.7.